The van der Waals surface area contributed by atoms with Crippen LogP contribution in [-0.4, -0.2) is 43.9 Å². The zero-order valence-electron chi connectivity index (χ0n) is 11.9. The van der Waals surface area contributed by atoms with E-state index in [1.807, 2.05) is 0 Å². The highest BCUT2D eigenvalue weighted by Gasteiger charge is 2.36. The van der Waals surface area contributed by atoms with E-state index >= 15 is 0 Å². The standard InChI is InChI=1S/C13H25N3O2S.ClH/c17-19(18,16-7-3-1-2-4-8-16)15-13-9-11-5-6-12(10-13)14-11;/h11-15H,1-10H2;1H. The molecule has 3 fully saturated rings. The maximum Gasteiger partial charge on any atom is 0.279 e. The van der Waals surface area contributed by atoms with Gasteiger partial charge in [0.25, 0.3) is 10.2 Å². The molecule has 3 rings (SSSR count). The summed E-state index contributed by atoms with van der Waals surface area (Å²) in [5, 5.41) is 3.55. The van der Waals surface area contributed by atoms with Crippen LogP contribution in [0.5, 0.6) is 0 Å². The van der Waals surface area contributed by atoms with Gasteiger partial charge in [-0.1, -0.05) is 12.8 Å². The van der Waals surface area contributed by atoms with Crippen molar-refractivity contribution >= 4 is 22.6 Å². The Labute approximate surface area is 128 Å². The van der Waals surface area contributed by atoms with Crippen LogP contribution in [0.2, 0.25) is 0 Å². The second-order valence-electron chi connectivity index (χ2n) is 6.24. The quantitative estimate of drug-likeness (QED) is 0.825. The van der Waals surface area contributed by atoms with E-state index in [-0.39, 0.29) is 18.4 Å². The number of rotatable bonds is 3. The average molecular weight is 324 g/mol. The zero-order chi connectivity index (χ0) is 13.3. The number of nitrogens with one attached hydrogen (secondary N) is 2. The maximum atomic E-state index is 12.4. The highest BCUT2D eigenvalue weighted by atomic mass is 35.5. The molecule has 2 atom stereocenters. The highest BCUT2D eigenvalue weighted by molar-refractivity contribution is 7.87. The molecule has 2 unspecified atom stereocenters. The lowest BCUT2D eigenvalue weighted by Gasteiger charge is -2.31. The van der Waals surface area contributed by atoms with Gasteiger partial charge in [0.2, 0.25) is 0 Å². The van der Waals surface area contributed by atoms with Crippen LogP contribution in [0.1, 0.15) is 51.4 Å². The molecule has 2 N–H and O–H groups in total. The molecule has 0 saturated carbocycles. The van der Waals surface area contributed by atoms with Gasteiger partial charge in [0.05, 0.1) is 0 Å². The zero-order valence-corrected chi connectivity index (χ0v) is 13.5. The second kappa shape index (κ2) is 6.92. The Morgan fingerprint density at radius 2 is 1.50 bits per heavy atom. The van der Waals surface area contributed by atoms with Crippen LogP contribution in [0.3, 0.4) is 0 Å². The first-order valence-corrected chi connectivity index (χ1v) is 9.11. The van der Waals surface area contributed by atoms with E-state index in [1.165, 1.54) is 12.8 Å². The van der Waals surface area contributed by atoms with Gasteiger partial charge in [-0.05, 0) is 38.5 Å². The van der Waals surface area contributed by atoms with Crippen molar-refractivity contribution in [1.82, 2.24) is 14.3 Å². The molecule has 0 aromatic carbocycles. The van der Waals surface area contributed by atoms with Crippen molar-refractivity contribution in [3.63, 3.8) is 0 Å². The van der Waals surface area contributed by atoms with E-state index in [4.69, 9.17) is 0 Å². The molecule has 0 spiro atoms. The smallest absolute Gasteiger partial charge is 0.279 e. The molecule has 5 nitrogen and oxygen atoms in total. The summed E-state index contributed by atoms with van der Waals surface area (Å²) in [7, 11) is -3.27. The second-order valence-corrected chi connectivity index (χ2v) is 7.94. The summed E-state index contributed by atoms with van der Waals surface area (Å²) in [6.07, 6.45) is 8.61. The summed E-state index contributed by atoms with van der Waals surface area (Å²) in [5.74, 6) is 0. The summed E-state index contributed by atoms with van der Waals surface area (Å²) in [6.45, 7) is 1.38. The third-order valence-electron chi connectivity index (χ3n) is 4.69. The predicted molar refractivity (Wildman–Crippen MR) is 82.3 cm³/mol. The minimum absolute atomic E-state index is 0. The minimum Gasteiger partial charge on any atom is -0.311 e. The van der Waals surface area contributed by atoms with E-state index in [9.17, 15) is 8.42 Å². The van der Waals surface area contributed by atoms with Gasteiger partial charge in [-0.3, -0.25) is 0 Å². The number of nitrogens with zero attached hydrogens (tertiary/aromatic N) is 1. The SMILES string of the molecule is Cl.O=S(=O)(NC1CC2CCC(C1)N2)N1CCCCCC1. The van der Waals surface area contributed by atoms with Crippen LogP contribution in [-0.2, 0) is 10.2 Å². The number of fused-ring (bicyclic) bond motifs is 2. The van der Waals surface area contributed by atoms with Gasteiger partial charge in [0.1, 0.15) is 0 Å². The Morgan fingerprint density at radius 3 is 2.05 bits per heavy atom. The normalized spacial score (nSPS) is 35.3. The molecular formula is C13H26ClN3O2S. The Bertz CT molecular complexity index is 398. The van der Waals surface area contributed by atoms with Gasteiger partial charge in [-0.2, -0.15) is 17.4 Å². The summed E-state index contributed by atoms with van der Waals surface area (Å²) >= 11 is 0. The Morgan fingerprint density at radius 1 is 0.950 bits per heavy atom. The first-order chi connectivity index (χ1) is 9.13. The van der Waals surface area contributed by atoms with Crippen molar-refractivity contribution in [3.8, 4) is 0 Å². The molecule has 0 aliphatic carbocycles. The molecule has 0 amide bonds. The molecule has 118 valence electrons. The molecule has 2 bridgehead atoms. The van der Waals surface area contributed by atoms with Crippen molar-refractivity contribution in [2.45, 2.75) is 69.5 Å². The summed E-state index contributed by atoms with van der Waals surface area (Å²) in [4.78, 5) is 0. The van der Waals surface area contributed by atoms with Crippen LogP contribution in [0.25, 0.3) is 0 Å². The fourth-order valence-corrected chi connectivity index (χ4v) is 5.22. The van der Waals surface area contributed by atoms with E-state index in [0.29, 0.717) is 25.2 Å². The molecule has 0 aromatic rings. The third kappa shape index (κ3) is 3.85. The van der Waals surface area contributed by atoms with Gasteiger partial charge in [0, 0.05) is 31.2 Å². The Hall–Kier alpha value is 0.120. The Balaban J connectivity index is 0.00000147. The largest absolute Gasteiger partial charge is 0.311 e. The molecule has 3 heterocycles. The number of piperidine rings is 1. The van der Waals surface area contributed by atoms with Crippen molar-refractivity contribution in [2.24, 2.45) is 0 Å². The lowest BCUT2D eigenvalue weighted by Crippen LogP contribution is -2.51. The maximum absolute atomic E-state index is 12.4. The van der Waals surface area contributed by atoms with E-state index in [0.717, 1.165) is 38.5 Å². The van der Waals surface area contributed by atoms with Gasteiger partial charge in [0.15, 0.2) is 0 Å². The fourth-order valence-electron chi connectivity index (χ4n) is 3.72. The summed E-state index contributed by atoms with van der Waals surface area (Å²) in [5.41, 5.74) is 0. The Kier molecular flexibility index (Phi) is 5.71. The predicted octanol–water partition coefficient (Wildman–Crippen LogP) is 1.40. The molecule has 20 heavy (non-hydrogen) atoms. The minimum atomic E-state index is -3.27. The van der Waals surface area contributed by atoms with Crippen molar-refractivity contribution in [1.29, 1.82) is 0 Å². The van der Waals surface area contributed by atoms with E-state index in [2.05, 4.69) is 10.0 Å². The summed E-state index contributed by atoms with van der Waals surface area (Å²) < 4.78 is 29.5. The number of hydrogen-bond acceptors (Lipinski definition) is 3. The lowest BCUT2D eigenvalue weighted by atomic mass is 10.0. The van der Waals surface area contributed by atoms with Crippen molar-refractivity contribution in [2.75, 3.05) is 13.1 Å². The van der Waals surface area contributed by atoms with E-state index < -0.39 is 10.2 Å². The summed E-state index contributed by atoms with van der Waals surface area (Å²) in [6, 6.07) is 1.18. The average Bonchev–Trinajstić information content (AvgIpc) is 2.58. The first-order valence-electron chi connectivity index (χ1n) is 7.67. The van der Waals surface area contributed by atoms with Crippen LogP contribution in [0.4, 0.5) is 0 Å². The van der Waals surface area contributed by atoms with Crippen LogP contribution >= 0.6 is 12.4 Å². The fraction of sp³-hybridized carbons (Fsp3) is 1.00. The molecule has 3 aliphatic heterocycles. The van der Waals surface area contributed by atoms with Gasteiger partial charge in [-0.25, -0.2) is 0 Å². The molecule has 0 aromatic heterocycles. The number of hydrogen-bond donors (Lipinski definition) is 2. The molecular weight excluding hydrogens is 298 g/mol. The van der Waals surface area contributed by atoms with Crippen LogP contribution in [0, 0.1) is 0 Å². The molecule has 3 saturated heterocycles. The highest BCUT2D eigenvalue weighted by Crippen LogP contribution is 2.27. The van der Waals surface area contributed by atoms with Gasteiger partial charge >= 0.3 is 0 Å². The lowest BCUT2D eigenvalue weighted by molar-refractivity contribution is 0.333. The molecule has 3 aliphatic rings. The van der Waals surface area contributed by atoms with Gasteiger partial charge in [-0.15, -0.1) is 12.4 Å². The first kappa shape index (κ1) is 16.5. The monoisotopic (exact) mass is 323 g/mol. The number of halogens is 1. The molecule has 7 heteroatoms. The van der Waals surface area contributed by atoms with Crippen LogP contribution < -0.4 is 10.0 Å². The van der Waals surface area contributed by atoms with Gasteiger partial charge < -0.3 is 5.32 Å². The van der Waals surface area contributed by atoms with Crippen LogP contribution in [0.15, 0.2) is 0 Å². The third-order valence-corrected chi connectivity index (χ3v) is 6.37. The van der Waals surface area contributed by atoms with E-state index in [1.54, 1.807) is 4.31 Å². The van der Waals surface area contributed by atoms with Crippen molar-refractivity contribution in [3.05, 3.63) is 0 Å². The van der Waals surface area contributed by atoms with Crippen molar-refractivity contribution < 1.29 is 8.42 Å². The topological polar surface area (TPSA) is 61.4 Å². The molecule has 0 radical (unpaired) electrons.